The van der Waals surface area contributed by atoms with Crippen molar-refractivity contribution >= 4 is 21.9 Å². The van der Waals surface area contributed by atoms with Crippen LogP contribution in [0.1, 0.15) is 25.0 Å². The zero-order chi connectivity index (χ0) is 38.8. The predicted molar refractivity (Wildman–Crippen MR) is 237 cm³/mol. The van der Waals surface area contributed by atoms with Gasteiger partial charge in [-0.05, 0) is 62.7 Å². The molecule has 1 aliphatic carbocycles. The van der Waals surface area contributed by atoms with Crippen LogP contribution in [0.3, 0.4) is 0 Å². The van der Waals surface area contributed by atoms with E-state index in [0.717, 1.165) is 72.0 Å². The first-order valence-corrected chi connectivity index (χ1v) is 19.8. The van der Waals surface area contributed by atoms with Crippen LogP contribution in [0.5, 0.6) is 0 Å². The molecule has 0 spiro atoms. The molecule has 0 saturated carbocycles. The topological polar surface area (TPSA) is 51.8 Å². The highest BCUT2D eigenvalue weighted by Gasteiger charge is 2.35. The Balaban J connectivity index is 0.983. The molecular weight excluding hydrogens is 707 g/mol. The van der Waals surface area contributed by atoms with Crippen LogP contribution in [0.25, 0.3) is 101 Å². The van der Waals surface area contributed by atoms with Crippen molar-refractivity contribution in [2.45, 2.75) is 19.3 Å². The Hall–Kier alpha value is -7.43. The maximum atomic E-state index is 6.95. The van der Waals surface area contributed by atoms with E-state index in [1.807, 2.05) is 60.7 Å². The molecular formula is C54H37N3O. The van der Waals surface area contributed by atoms with Gasteiger partial charge in [-0.3, -0.25) is 0 Å². The Morgan fingerprint density at radius 1 is 0.328 bits per heavy atom. The lowest BCUT2D eigenvalue weighted by atomic mass is 9.81. The summed E-state index contributed by atoms with van der Waals surface area (Å²) in [7, 11) is 0. The Bertz CT molecular complexity index is 3140. The molecule has 0 amide bonds. The number of aromatic nitrogens is 3. The van der Waals surface area contributed by atoms with Crippen LogP contribution in [-0.2, 0) is 5.41 Å². The summed E-state index contributed by atoms with van der Waals surface area (Å²) in [5.74, 6) is 1.92. The van der Waals surface area contributed by atoms with Gasteiger partial charge in [0.25, 0.3) is 0 Å². The third-order valence-corrected chi connectivity index (χ3v) is 11.7. The molecule has 0 radical (unpaired) electrons. The first-order chi connectivity index (χ1) is 28.5. The number of benzene rings is 8. The molecule has 0 fully saturated rings. The van der Waals surface area contributed by atoms with Crippen LogP contribution >= 0.6 is 0 Å². The van der Waals surface area contributed by atoms with Crippen molar-refractivity contribution in [1.29, 1.82) is 0 Å². The van der Waals surface area contributed by atoms with Crippen LogP contribution in [0.15, 0.2) is 192 Å². The molecule has 10 aromatic rings. The molecule has 0 saturated heterocycles. The van der Waals surface area contributed by atoms with Crippen LogP contribution in [0.4, 0.5) is 0 Å². The highest BCUT2D eigenvalue weighted by atomic mass is 16.3. The zero-order valence-corrected chi connectivity index (χ0v) is 32.1. The van der Waals surface area contributed by atoms with Gasteiger partial charge in [-0.1, -0.05) is 184 Å². The van der Waals surface area contributed by atoms with Crippen molar-refractivity contribution in [2.75, 3.05) is 0 Å². The summed E-state index contributed by atoms with van der Waals surface area (Å²) in [6.07, 6.45) is 0. The minimum absolute atomic E-state index is 0.0804. The molecule has 274 valence electrons. The molecule has 1 aliphatic rings. The number of furan rings is 1. The second-order valence-corrected chi connectivity index (χ2v) is 15.6. The van der Waals surface area contributed by atoms with Crippen molar-refractivity contribution in [3.8, 4) is 78.7 Å². The average Bonchev–Trinajstić information content (AvgIpc) is 3.79. The van der Waals surface area contributed by atoms with Crippen LogP contribution in [0, 0.1) is 0 Å². The molecule has 58 heavy (non-hydrogen) atoms. The predicted octanol–water partition coefficient (Wildman–Crippen LogP) is 14.1. The van der Waals surface area contributed by atoms with Gasteiger partial charge in [0.05, 0.1) is 0 Å². The molecule has 2 heterocycles. The van der Waals surface area contributed by atoms with Crippen molar-refractivity contribution in [3.63, 3.8) is 0 Å². The highest BCUT2D eigenvalue weighted by Crippen LogP contribution is 2.50. The Morgan fingerprint density at radius 3 is 1.38 bits per heavy atom. The van der Waals surface area contributed by atoms with Gasteiger partial charge in [0.15, 0.2) is 17.5 Å². The molecule has 0 aliphatic heterocycles. The fourth-order valence-electron chi connectivity index (χ4n) is 8.79. The van der Waals surface area contributed by atoms with E-state index in [1.54, 1.807) is 0 Å². The third kappa shape index (κ3) is 5.56. The van der Waals surface area contributed by atoms with Crippen molar-refractivity contribution < 1.29 is 4.42 Å². The number of hydrogen-bond donors (Lipinski definition) is 0. The second kappa shape index (κ2) is 13.4. The normalized spacial score (nSPS) is 12.8. The van der Waals surface area contributed by atoms with Gasteiger partial charge in [-0.2, -0.15) is 0 Å². The van der Waals surface area contributed by atoms with E-state index >= 15 is 0 Å². The largest absolute Gasteiger partial charge is 0.455 e. The Morgan fingerprint density at radius 2 is 0.759 bits per heavy atom. The van der Waals surface area contributed by atoms with Gasteiger partial charge >= 0.3 is 0 Å². The molecule has 2 aromatic heterocycles. The average molecular weight is 744 g/mol. The number of nitrogens with zero attached hydrogens (tertiary/aromatic N) is 3. The summed E-state index contributed by atoms with van der Waals surface area (Å²) in [5.41, 5.74) is 16.5. The first kappa shape index (κ1) is 33.9. The molecule has 4 heteroatoms. The van der Waals surface area contributed by atoms with Crippen molar-refractivity contribution in [1.82, 2.24) is 15.0 Å². The minimum Gasteiger partial charge on any atom is -0.455 e. The molecule has 11 rings (SSSR count). The van der Waals surface area contributed by atoms with Gasteiger partial charge in [-0.25, -0.2) is 15.0 Å². The fourth-order valence-corrected chi connectivity index (χ4v) is 8.79. The van der Waals surface area contributed by atoms with Crippen molar-refractivity contribution in [3.05, 3.63) is 199 Å². The molecule has 0 N–H and O–H groups in total. The summed E-state index contributed by atoms with van der Waals surface area (Å²) in [5, 5.41) is 2.22. The third-order valence-electron chi connectivity index (χ3n) is 11.7. The van der Waals surface area contributed by atoms with E-state index in [0.29, 0.717) is 17.5 Å². The van der Waals surface area contributed by atoms with E-state index in [-0.39, 0.29) is 5.41 Å². The van der Waals surface area contributed by atoms with Gasteiger partial charge < -0.3 is 4.42 Å². The van der Waals surface area contributed by atoms with Crippen LogP contribution in [-0.4, -0.2) is 15.0 Å². The summed E-state index contributed by atoms with van der Waals surface area (Å²) < 4.78 is 6.95. The maximum Gasteiger partial charge on any atom is 0.164 e. The lowest BCUT2D eigenvalue weighted by molar-refractivity contribution is 0.660. The Labute approximate surface area is 337 Å². The summed E-state index contributed by atoms with van der Waals surface area (Å²) in [4.78, 5) is 14.8. The number of para-hydroxylation sites is 2. The van der Waals surface area contributed by atoms with Gasteiger partial charge in [0.1, 0.15) is 11.2 Å². The van der Waals surface area contributed by atoms with Gasteiger partial charge in [0, 0.05) is 44.0 Å². The van der Waals surface area contributed by atoms with E-state index in [4.69, 9.17) is 19.4 Å². The van der Waals surface area contributed by atoms with E-state index < -0.39 is 0 Å². The second-order valence-electron chi connectivity index (χ2n) is 15.6. The Kier molecular flexibility index (Phi) is 7.80. The van der Waals surface area contributed by atoms with E-state index in [1.165, 1.54) is 22.3 Å². The number of rotatable bonds is 6. The molecule has 0 atom stereocenters. The van der Waals surface area contributed by atoms with E-state index in [2.05, 4.69) is 141 Å². The zero-order valence-electron chi connectivity index (χ0n) is 32.1. The monoisotopic (exact) mass is 743 g/mol. The number of fused-ring (bicyclic) bond motifs is 6. The maximum absolute atomic E-state index is 6.95. The standard InChI is InChI=1S/C54H37N3O/c1-54(2)47-28-10-9-23-43(47)44-30-29-39(33-48(44)54)42-25-14-27-46-45-26-13-24-41(49(45)58-50(42)46)38-21-11-19-36(31-38)37-20-12-22-40(32-37)53-56-51(34-15-5-3-6-16-34)55-52(57-53)35-17-7-4-8-18-35/h3-33H,1-2H3. The molecule has 8 aromatic carbocycles. The quantitative estimate of drug-likeness (QED) is 0.170. The van der Waals surface area contributed by atoms with Crippen LogP contribution in [0.2, 0.25) is 0 Å². The molecule has 4 nitrogen and oxygen atoms in total. The van der Waals surface area contributed by atoms with Crippen molar-refractivity contribution in [2.24, 2.45) is 0 Å². The van der Waals surface area contributed by atoms with Gasteiger partial charge in [-0.15, -0.1) is 0 Å². The lowest BCUT2D eigenvalue weighted by Crippen LogP contribution is -2.14. The number of hydrogen-bond acceptors (Lipinski definition) is 4. The summed E-state index contributed by atoms with van der Waals surface area (Å²) in [6.45, 7) is 4.66. The SMILES string of the molecule is CC1(C)c2ccccc2-c2ccc(-c3cccc4c3oc3c(-c5cccc(-c6cccc(-c7nc(-c8ccccc8)nc(-c8ccccc8)n7)c6)c5)cccc34)cc21. The first-order valence-electron chi connectivity index (χ1n) is 19.8. The summed E-state index contributed by atoms with van der Waals surface area (Å²) in [6, 6.07) is 66.0. The van der Waals surface area contributed by atoms with Gasteiger partial charge in [0.2, 0.25) is 0 Å². The van der Waals surface area contributed by atoms with Crippen LogP contribution < -0.4 is 0 Å². The van der Waals surface area contributed by atoms with E-state index in [9.17, 15) is 0 Å². The lowest BCUT2D eigenvalue weighted by Gasteiger charge is -2.22. The highest BCUT2D eigenvalue weighted by molar-refractivity contribution is 6.13. The smallest absolute Gasteiger partial charge is 0.164 e. The molecule has 0 unspecified atom stereocenters. The minimum atomic E-state index is -0.0804. The molecule has 0 bridgehead atoms. The summed E-state index contributed by atoms with van der Waals surface area (Å²) >= 11 is 0. The fraction of sp³-hybridized carbons (Fsp3) is 0.0556.